The zero-order valence-electron chi connectivity index (χ0n) is 8.94. The third-order valence-electron chi connectivity index (χ3n) is 2.46. The van der Waals surface area contributed by atoms with Gasteiger partial charge in [-0.1, -0.05) is 0 Å². The molecule has 0 N–H and O–H groups in total. The Balaban J connectivity index is 3.50. The molecule has 1 rings (SSSR count). The fraction of sp³-hybridized carbons (Fsp3) is 0.714. The molecule has 0 saturated carbocycles. The van der Waals surface area contributed by atoms with Crippen LogP contribution in [0, 0.1) is 0 Å². The van der Waals surface area contributed by atoms with Gasteiger partial charge in [-0.05, 0) is 0 Å². The Morgan fingerprint density at radius 3 is 1.53 bits per heavy atom. The molecule has 17 heavy (non-hydrogen) atoms. The van der Waals surface area contributed by atoms with Gasteiger partial charge in [0.25, 0.3) is 0 Å². The first-order chi connectivity index (χ1) is 7.51. The number of hydrogen-bond acceptors (Lipinski definition) is 3. The SMILES string of the molecule is COP(F)(OC)(OC)C1=C(Cl)C(F)(F)C1(F)F. The third-order valence-corrected chi connectivity index (χ3v) is 6.10. The van der Waals surface area contributed by atoms with Gasteiger partial charge in [0, 0.05) is 0 Å². The maximum absolute atomic E-state index is 14.4. The Bertz CT molecular complexity index is 371. The minimum atomic E-state index is -5.99. The summed E-state index contributed by atoms with van der Waals surface area (Å²) in [5.41, 5.74) is 0. The normalized spacial score (nSPS) is 25.1. The maximum atomic E-state index is 14.4. The second-order valence-electron chi connectivity index (χ2n) is 3.15. The standard InChI is InChI=1S/C7H9ClF5O3P/c1-14-17(13,15-2,16-3)5-4(8)6(9,10)7(5,11)12/h1-3H3. The summed E-state index contributed by atoms with van der Waals surface area (Å²) in [7, 11) is -4.00. The molecule has 0 atom stereocenters. The molecule has 0 unspecified atom stereocenters. The predicted octanol–water partition coefficient (Wildman–Crippen LogP) is 3.84. The van der Waals surface area contributed by atoms with Crippen LogP contribution < -0.4 is 0 Å². The van der Waals surface area contributed by atoms with Crippen LogP contribution in [0.2, 0.25) is 0 Å². The molecule has 0 spiro atoms. The van der Waals surface area contributed by atoms with Crippen LogP contribution in [0.15, 0.2) is 10.3 Å². The van der Waals surface area contributed by atoms with E-state index in [2.05, 4.69) is 13.6 Å². The molecule has 1 aliphatic carbocycles. The molecular formula is C7H9ClF5O3P. The number of halogens is 6. The molecule has 0 bridgehead atoms. The summed E-state index contributed by atoms with van der Waals surface area (Å²) >= 11 is 5.00. The van der Waals surface area contributed by atoms with E-state index in [1.54, 1.807) is 0 Å². The average molecular weight is 303 g/mol. The molecule has 0 aliphatic heterocycles. The molecule has 3 nitrogen and oxygen atoms in total. The molecule has 0 fully saturated rings. The van der Waals surface area contributed by atoms with Gasteiger partial charge in [0.15, 0.2) is 0 Å². The number of allylic oxidation sites excluding steroid dienone is 2. The van der Waals surface area contributed by atoms with Gasteiger partial charge in [-0.15, -0.1) is 0 Å². The Morgan fingerprint density at radius 2 is 1.29 bits per heavy atom. The van der Waals surface area contributed by atoms with Crippen molar-refractivity contribution in [2.24, 2.45) is 0 Å². The van der Waals surface area contributed by atoms with Gasteiger partial charge in [-0.25, -0.2) is 0 Å². The average Bonchev–Trinajstić information content (AvgIpc) is 2.29. The van der Waals surface area contributed by atoms with Crippen LogP contribution in [0.5, 0.6) is 0 Å². The summed E-state index contributed by atoms with van der Waals surface area (Å²) in [6.45, 7) is 0. The van der Waals surface area contributed by atoms with E-state index in [4.69, 9.17) is 11.6 Å². The van der Waals surface area contributed by atoms with E-state index in [9.17, 15) is 21.8 Å². The first kappa shape index (κ1) is 15.0. The number of hydrogen-bond donors (Lipinski definition) is 0. The van der Waals surface area contributed by atoms with Crippen molar-refractivity contribution < 1.29 is 35.3 Å². The molecule has 1 aliphatic rings. The molecule has 0 aromatic carbocycles. The summed E-state index contributed by atoms with van der Waals surface area (Å²) in [4.78, 5) is 0. The van der Waals surface area contributed by atoms with E-state index in [-0.39, 0.29) is 0 Å². The van der Waals surface area contributed by atoms with Crippen molar-refractivity contribution in [3.8, 4) is 0 Å². The summed E-state index contributed by atoms with van der Waals surface area (Å²) < 4.78 is 79.0. The summed E-state index contributed by atoms with van der Waals surface area (Å²) in [6, 6.07) is 0. The van der Waals surface area contributed by atoms with E-state index in [1.807, 2.05) is 0 Å². The molecule has 0 amide bonds. The van der Waals surface area contributed by atoms with Gasteiger partial charge in [0.2, 0.25) is 0 Å². The Hall–Kier alpha value is -0.0100. The van der Waals surface area contributed by atoms with E-state index < -0.39 is 29.8 Å². The molecule has 0 saturated heterocycles. The van der Waals surface area contributed by atoms with Crippen molar-refractivity contribution in [2.45, 2.75) is 11.8 Å². The van der Waals surface area contributed by atoms with Crippen molar-refractivity contribution >= 4 is 19.2 Å². The molecule has 102 valence electrons. The van der Waals surface area contributed by atoms with E-state index in [1.165, 1.54) is 0 Å². The topological polar surface area (TPSA) is 27.7 Å². The zero-order chi connectivity index (χ0) is 13.7. The number of alkyl halides is 4. The first-order valence-electron chi connectivity index (χ1n) is 4.11. The fourth-order valence-electron chi connectivity index (χ4n) is 1.39. The summed E-state index contributed by atoms with van der Waals surface area (Å²) in [6.07, 6.45) is 0. The second kappa shape index (κ2) is 3.74. The molecule has 0 aromatic rings. The Kier molecular flexibility index (Phi) is 3.31. The van der Waals surface area contributed by atoms with Crippen LogP contribution in [0.3, 0.4) is 0 Å². The van der Waals surface area contributed by atoms with Gasteiger partial charge in [0.05, 0.1) is 0 Å². The van der Waals surface area contributed by atoms with Crippen molar-refractivity contribution in [3.63, 3.8) is 0 Å². The van der Waals surface area contributed by atoms with Crippen LogP contribution in [0.25, 0.3) is 0 Å². The first-order valence-corrected chi connectivity index (χ1v) is 6.37. The van der Waals surface area contributed by atoms with Gasteiger partial charge >= 0.3 is 98.0 Å². The third kappa shape index (κ3) is 1.55. The summed E-state index contributed by atoms with van der Waals surface area (Å²) in [5, 5.41) is -3.43. The second-order valence-corrected chi connectivity index (χ2v) is 6.65. The van der Waals surface area contributed by atoms with E-state index >= 15 is 0 Å². The van der Waals surface area contributed by atoms with Gasteiger partial charge in [-0.2, -0.15) is 0 Å². The van der Waals surface area contributed by atoms with Crippen LogP contribution in [0.1, 0.15) is 0 Å². The molecule has 10 heteroatoms. The quantitative estimate of drug-likeness (QED) is 0.583. The van der Waals surface area contributed by atoms with Crippen LogP contribution in [-0.2, 0) is 13.6 Å². The van der Waals surface area contributed by atoms with Crippen molar-refractivity contribution in [3.05, 3.63) is 10.3 Å². The van der Waals surface area contributed by atoms with Crippen molar-refractivity contribution in [1.29, 1.82) is 0 Å². The van der Waals surface area contributed by atoms with Crippen molar-refractivity contribution in [1.82, 2.24) is 0 Å². The molecule has 0 heterocycles. The minimum absolute atomic E-state index is 0.661. The van der Waals surface area contributed by atoms with E-state index in [0.29, 0.717) is 21.3 Å². The Labute approximate surface area is 98.8 Å². The van der Waals surface area contributed by atoms with Crippen molar-refractivity contribution in [2.75, 3.05) is 21.3 Å². The predicted molar refractivity (Wildman–Crippen MR) is 51.8 cm³/mol. The van der Waals surface area contributed by atoms with Crippen LogP contribution in [-0.4, -0.2) is 33.2 Å². The van der Waals surface area contributed by atoms with Gasteiger partial charge in [0.1, 0.15) is 0 Å². The number of rotatable bonds is 4. The monoisotopic (exact) mass is 302 g/mol. The molecule has 0 radical (unpaired) electrons. The van der Waals surface area contributed by atoms with Gasteiger partial charge in [-0.3, -0.25) is 0 Å². The fourth-order valence-corrected chi connectivity index (χ4v) is 4.07. The molecule has 0 aromatic heterocycles. The van der Waals surface area contributed by atoms with E-state index in [0.717, 1.165) is 0 Å². The van der Waals surface area contributed by atoms with Gasteiger partial charge < -0.3 is 0 Å². The summed E-state index contributed by atoms with van der Waals surface area (Å²) in [5.74, 6) is -9.48. The molecular weight excluding hydrogens is 293 g/mol. The van der Waals surface area contributed by atoms with Crippen LogP contribution >= 0.6 is 19.2 Å². The Morgan fingerprint density at radius 1 is 0.941 bits per heavy atom. The van der Waals surface area contributed by atoms with Crippen LogP contribution in [0.4, 0.5) is 21.8 Å². The zero-order valence-corrected chi connectivity index (χ0v) is 10.6.